The third-order valence-corrected chi connectivity index (χ3v) is 4.59. The molecule has 1 N–H and O–H groups in total. The van der Waals surface area contributed by atoms with Crippen molar-refractivity contribution in [3.8, 4) is 0 Å². The molecule has 1 heterocycles. The quantitative estimate of drug-likeness (QED) is 0.859. The van der Waals surface area contributed by atoms with Gasteiger partial charge in [0, 0.05) is 18.4 Å². The maximum atomic E-state index is 4.31. The predicted molar refractivity (Wildman–Crippen MR) is 69.7 cm³/mol. The molecule has 2 nitrogen and oxygen atoms in total. The molecule has 3 rings (SSSR count). The van der Waals surface area contributed by atoms with Gasteiger partial charge in [-0.15, -0.1) is 0 Å². The highest BCUT2D eigenvalue weighted by Gasteiger charge is 2.48. The molecule has 0 spiro atoms. The molecular formula is C15H22N2. The second-order valence-electron chi connectivity index (χ2n) is 5.75. The fourth-order valence-electron chi connectivity index (χ4n) is 3.59. The van der Waals surface area contributed by atoms with E-state index in [-0.39, 0.29) is 0 Å². The largest absolute Gasteiger partial charge is 0.310 e. The van der Waals surface area contributed by atoms with Gasteiger partial charge in [0.05, 0.1) is 0 Å². The van der Waals surface area contributed by atoms with E-state index in [2.05, 4.69) is 36.4 Å². The molecule has 2 aliphatic rings. The summed E-state index contributed by atoms with van der Waals surface area (Å²) in [5.74, 6) is 2.94. The van der Waals surface area contributed by atoms with Crippen molar-refractivity contribution in [1.29, 1.82) is 0 Å². The Kier molecular flexibility index (Phi) is 2.91. The molecule has 0 aromatic carbocycles. The van der Waals surface area contributed by atoms with Crippen LogP contribution in [0, 0.1) is 24.7 Å². The van der Waals surface area contributed by atoms with Gasteiger partial charge in [-0.25, -0.2) is 0 Å². The molecule has 3 atom stereocenters. The second kappa shape index (κ2) is 4.41. The van der Waals surface area contributed by atoms with Crippen LogP contribution in [0.3, 0.4) is 0 Å². The highest BCUT2D eigenvalue weighted by molar-refractivity contribution is 5.26. The Morgan fingerprint density at radius 1 is 1.35 bits per heavy atom. The van der Waals surface area contributed by atoms with E-state index in [1.807, 2.05) is 6.20 Å². The average Bonchev–Trinajstić information content (AvgIpc) is 2.95. The molecule has 0 saturated heterocycles. The minimum Gasteiger partial charge on any atom is -0.310 e. The molecule has 2 aliphatic carbocycles. The normalized spacial score (nSPS) is 32.2. The first kappa shape index (κ1) is 11.2. The Balaban J connectivity index is 1.81. The molecule has 0 aliphatic heterocycles. The zero-order valence-electron chi connectivity index (χ0n) is 10.8. The summed E-state index contributed by atoms with van der Waals surface area (Å²) in [6, 6.07) is 2.66. The van der Waals surface area contributed by atoms with Crippen molar-refractivity contribution in [2.75, 3.05) is 6.54 Å². The van der Waals surface area contributed by atoms with E-state index < -0.39 is 0 Å². The summed E-state index contributed by atoms with van der Waals surface area (Å²) in [4.78, 5) is 4.31. The number of fused-ring (bicyclic) bond motifs is 1. The van der Waals surface area contributed by atoms with Crippen LogP contribution in [0.5, 0.6) is 0 Å². The molecule has 2 heteroatoms. The van der Waals surface area contributed by atoms with E-state index in [1.54, 1.807) is 0 Å². The molecule has 0 amide bonds. The number of nitrogens with one attached hydrogen (secondary N) is 1. The first-order chi connectivity index (χ1) is 8.29. The van der Waals surface area contributed by atoms with Crippen molar-refractivity contribution < 1.29 is 0 Å². The Morgan fingerprint density at radius 3 is 2.76 bits per heavy atom. The summed E-state index contributed by atoms with van der Waals surface area (Å²) >= 11 is 0. The summed E-state index contributed by atoms with van der Waals surface area (Å²) in [6.07, 6.45) is 8.31. The molecule has 2 saturated carbocycles. The summed E-state index contributed by atoms with van der Waals surface area (Å²) in [6.45, 7) is 5.45. The molecule has 17 heavy (non-hydrogen) atoms. The number of hydrogen-bond acceptors (Lipinski definition) is 2. The van der Waals surface area contributed by atoms with Gasteiger partial charge in [-0.05, 0) is 67.7 Å². The van der Waals surface area contributed by atoms with Gasteiger partial charge in [0.1, 0.15) is 0 Å². The summed E-state index contributed by atoms with van der Waals surface area (Å²) < 4.78 is 0. The Morgan fingerprint density at radius 2 is 2.12 bits per heavy atom. The first-order valence-electron chi connectivity index (χ1n) is 6.93. The van der Waals surface area contributed by atoms with Gasteiger partial charge in [-0.2, -0.15) is 0 Å². The smallest absolute Gasteiger partial charge is 0.0366 e. The molecule has 0 radical (unpaired) electrons. The Labute approximate surface area is 104 Å². The van der Waals surface area contributed by atoms with Gasteiger partial charge in [-0.1, -0.05) is 6.92 Å². The minimum absolute atomic E-state index is 0.529. The number of aromatic nitrogens is 1. The molecule has 2 fully saturated rings. The maximum absolute atomic E-state index is 4.31. The zero-order valence-corrected chi connectivity index (χ0v) is 10.8. The molecule has 1 aromatic rings. The average molecular weight is 230 g/mol. The number of hydrogen-bond donors (Lipinski definition) is 1. The highest BCUT2D eigenvalue weighted by Crippen LogP contribution is 2.57. The first-order valence-corrected chi connectivity index (χ1v) is 6.93. The molecule has 1 aromatic heterocycles. The number of nitrogens with zero attached hydrogens (tertiary/aromatic N) is 1. The lowest BCUT2D eigenvalue weighted by molar-refractivity contribution is 0.345. The van der Waals surface area contributed by atoms with Crippen molar-refractivity contribution in [1.82, 2.24) is 10.3 Å². The predicted octanol–water partition coefficient (Wildman–Crippen LogP) is 3.09. The SMILES string of the molecule is CCNC(c1cnccc1C)C1CC2CC2C1. The fourth-order valence-corrected chi connectivity index (χ4v) is 3.59. The van der Waals surface area contributed by atoms with Gasteiger partial charge in [0.15, 0.2) is 0 Å². The number of rotatable bonds is 4. The lowest BCUT2D eigenvalue weighted by Crippen LogP contribution is -2.28. The van der Waals surface area contributed by atoms with Gasteiger partial charge in [0.2, 0.25) is 0 Å². The van der Waals surface area contributed by atoms with Crippen LogP contribution in [0.15, 0.2) is 18.5 Å². The van der Waals surface area contributed by atoms with Crippen LogP contribution in [0.1, 0.15) is 43.4 Å². The number of aryl methyl sites for hydroxylation is 1. The van der Waals surface area contributed by atoms with Gasteiger partial charge < -0.3 is 5.32 Å². The van der Waals surface area contributed by atoms with E-state index in [9.17, 15) is 0 Å². The zero-order chi connectivity index (χ0) is 11.8. The summed E-state index contributed by atoms with van der Waals surface area (Å²) in [5, 5.41) is 3.68. The summed E-state index contributed by atoms with van der Waals surface area (Å²) in [7, 11) is 0. The van der Waals surface area contributed by atoms with Crippen molar-refractivity contribution in [3.05, 3.63) is 29.6 Å². The van der Waals surface area contributed by atoms with Crippen molar-refractivity contribution in [3.63, 3.8) is 0 Å². The van der Waals surface area contributed by atoms with Gasteiger partial charge in [-0.3, -0.25) is 4.98 Å². The monoisotopic (exact) mass is 230 g/mol. The van der Waals surface area contributed by atoms with E-state index >= 15 is 0 Å². The van der Waals surface area contributed by atoms with Crippen molar-refractivity contribution >= 4 is 0 Å². The van der Waals surface area contributed by atoms with Crippen LogP contribution < -0.4 is 5.32 Å². The van der Waals surface area contributed by atoms with Crippen LogP contribution in [-0.4, -0.2) is 11.5 Å². The van der Waals surface area contributed by atoms with Crippen LogP contribution in [0.2, 0.25) is 0 Å². The molecule has 0 bridgehead atoms. The molecule has 92 valence electrons. The van der Waals surface area contributed by atoms with Crippen molar-refractivity contribution in [2.24, 2.45) is 17.8 Å². The Hall–Kier alpha value is -0.890. The lowest BCUT2D eigenvalue weighted by Gasteiger charge is -2.27. The van der Waals surface area contributed by atoms with E-state index in [0.29, 0.717) is 6.04 Å². The minimum atomic E-state index is 0.529. The van der Waals surface area contributed by atoms with Gasteiger partial charge >= 0.3 is 0 Å². The summed E-state index contributed by atoms with van der Waals surface area (Å²) in [5.41, 5.74) is 2.80. The van der Waals surface area contributed by atoms with E-state index in [1.165, 1.54) is 30.4 Å². The Bertz CT molecular complexity index is 392. The number of pyridine rings is 1. The molecular weight excluding hydrogens is 208 g/mol. The van der Waals surface area contributed by atoms with E-state index in [0.717, 1.165) is 24.3 Å². The standard InChI is InChI=1S/C15H22N2/c1-3-17-15(13-7-11-6-12(11)8-13)14-9-16-5-4-10(14)2/h4-5,9,11-13,15,17H,3,6-8H2,1-2H3. The lowest BCUT2D eigenvalue weighted by atomic mass is 9.88. The molecule has 3 unspecified atom stereocenters. The third kappa shape index (κ3) is 2.11. The van der Waals surface area contributed by atoms with Crippen LogP contribution in [0.25, 0.3) is 0 Å². The van der Waals surface area contributed by atoms with Crippen LogP contribution in [0.4, 0.5) is 0 Å². The van der Waals surface area contributed by atoms with Crippen molar-refractivity contribution in [2.45, 2.75) is 39.2 Å². The topological polar surface area (TPSA) is 24.9 Å². The second-order valence-corrected chi connectivity index (χ2v) is 5.75. The third-order valence-electron chi connectivity index (χ3n) is 4.59. The fraction of sp³-hybridized carbons (Fsp3) is 0.667. The highest BCUT2D eigenvalue weighted by atomic mass is 14.9. The van der Waals surface area contributed by atoms with E-state index in [4.69, 9.17) is 0 Å². The van der Waals surface area contributed by atoms with Gasteiger partial charge in [0.25, 0.3) is 0 Å². The van der Waals surface area contributed by atoms with Crippen LogP contribution in [-0.2, 0) is 0 Å². The van der Waals surface area contributed by atoms with Crippen LogP contribution >= 0.6 is 0 Å². The maximum Gasteiger partial charge on any atom is 0.0366 e.